The van der Waals surface area contributed by atoms with Crippen molar-refractivity contribution in [3.8, 4) is 17.0 Å². The molecule has 3 aliphatic carbocycles. The Morgan fingerprint density at radius 1 is 1.17 bits per heavy atom. The monoisotopic (exact) mass is 329 g/mol. The van der Waals surface area contributed by atoms with Gasteiger partial charge in [0.25, 0.3) is 0 Å². The smallest absolute Gasteiger partial charge is 0.165 e. The fraction of sp³-hybridized carbons (Fsp3) is 0.526. The minimum atomic E-state index is -0.325. The van der Waals surface area contributed by atoms with Gasteiger partial charge >= 0.3 is 0 Å². The number of aryl methyl sites for hydroxylation is 1. The second kappa shape index (κ2) is 5.59. The molecule has 0 aliphatic heterocycles. The van der Waals surface area contributed by atoms with Gasteiger partial charge in [0.05, 0.1) is 12.3 Å². The summed E-state index contributed by atoms with van der Waals surface area (Å²) in [6, 6.07) is 6.96. The number of ether oxygens (including phenoxy) is 1. The SMILES string of the molecule is Cn1ccc(-c2ccc(OCC34CCC(N)(CC3)CC4)c(F)c2)n1. The summed E-state index contributed by atoms with van der Waals surface area (Å²) in [7, 11) is 1.85. The van der Waals surface area contributed by atoms with Crippen LogP contribution in [0, 0.1) is 11.2 Å². The maximum Gasteiger partial charge on any atom is 0.165 e. The lowest BCUT2D eigenvalue weighted by Gasteiger charge is -2.51. The van der Waals surface area contributed by atoms with Crippen LogP contribution in [0.2, 0.25) is 0 Å². The zero-order chi connectivity index (χ0) is 16.8. The Hall–Kier alpha value is -1.88. The fourth-order valence-electron chi connectivity index (χ4n) is 4.09. The third-order valence-electron chi connectivity index (χ3n) is 5.93. The first-order valence-electron chi connectivity index (χ1n) is 8.68. The highest BCUT2D eigenvalue weighted by Crippen LogP contribution is 2.51. The van der Waals surface area contributed by atoms with Crippen LogP contribution in [0.1, 0.15) is 38.5 Å². The Labute approximate surface area is 141 Å². The summed E-state index contributed by atoms with van der Waals surface area (Å²) < 4.78 is 22.0. The van der Waals surface area contributed by atoms with Gasteiger partial charge in [0.15, 0.2) is 11.6 Å². The second-order valence-corrected chi connectivity index (χ2v) is 7.67. The molecule has 0 amide bonds. The maximum absolute atomic E-state index is 14.4. The quantitative estimate of drug-likeness (QED) is 0.931. The van der Waals surface area contributed by atoms with Gasteiger partial charge in [-0.1, -0.05) is 0 Å². The van der Waals surface area contributed by atoms with E-state index < -0.39 is 0 Å². The zero-order valence-electron chi connectivity index (χ0n) is 14.1. The number of rotatable bonds is 4. The number of hydrogen-bond donors (Lipinski definition) is 1. The molecule has 0 radical (unpaired) electrons. The first-order valence-corrected chi connectivity index (χ1v) is 8.68. The van der Waals surface area contributed by atoms with Crippen molar-refractivity contribution < 1.29 is 9.13 Å². The number of halogens is 1. The summed E-state index contributed by atoms with van der Waals surface area (Å²) in [5.74, 6) is 0.00792. The van der Waals surface area contributed by atoms with Gasteiger partial charge in [-0.15, -0.1) is 0 Å². The first-order chi connectivity index (χ1) is 11.5. The van der Waals surface area contributed by atoms with Gasteiger partial charge in [-0.25, -0.2) is 4.39 Å². The zero-order valence-corrected chi connectivity index (χ0v) is 14.1. The van der Waals surface area contributed by atoms with Crippen molar-refractivity contribution in [3.63, 3.8) is 0 Å². The molecule has 3 saturated carbocycles. The molecular weight excluding hydrogens is 305 g/mol. The molecule has 24 heavy (non-hydrogen) atoms. The van der Waals surface area contributed by atoms with E-state index in [1.54, 1.807) is 10.7 Å². The third kappa shape index (κ3) is 2.81. The van der Waals surface area contributed by atoms with Crippen LogP contribution in [0.15, 0.2) is 30.5 Å². The van der Waals surface area contributed by atoms with Gasteiger partial charge in [0.2, 0.25) is 0 Å². The standard InChI is InChI=1S/C19H24FN3O/c1-23-11-4-16(22-23)14-2-3-17(15(20)12-14)24-13-18-5-8-19(21,9-6-18)10-7-18/h2-4,11-12H,5-10,13,21H2,1H3. The molecule has 1 aromatic carbocycles. The Morgan fingerprint density at radius 2 is 1.88 bits per heavy atom. The molecule has 3 aliphatic rings. The molecule has 3 fully saturated rings. The van der Waals surface area contributed by atoms with E-state index in [2.05, 4.69) is 5.10 Å². The van der Waals surface area contributed by atoms with Crippen LogP contribution in [-0.4, -0.2) is 21.9 Å². The molecule has 0 atom stereocenters. The van der Waals surface area contributed by atoms with Crippen LogP contribution in [0.4, 0.5) is 4.39 Å². The van der Waals surface area contributed by atoms with Crippen LogP contribution in [0.25, 0.3) is 11.3 Å². The van der Waals surface area contributed by atoms with Gasteiger partial charge < -0.3 is 10.5 Å². The molecule has 2 bridgehead atoms. The van der Waals surface area contributed by atoms with Crippen LogP contribution in [-0.2, 0) is 7.05 Å². The van der Waals surface area contributed by atoms with Gasteiger partial charge in [0.1, 0.15) is 0 Å². The molecule has 1 heterocycles. The Balaban J connectivity index is 1.46. The van der Waals surface area contributed by atoms with Crippen LogP contribution >= 0.6 is 0 Å². The summed E-state index contributed by atoms with van der Waals surface area (Å²) in [6.07, 6.45) is 8.33. The lowest BCUT2D eigenvalue weighted by atomic mass is 9.58. The average Bonchev–Trinajstić information content (AvgIpc) is 3.02. The van der Waals surface area contributed by atoms with E-state index in [4.69, 9.17) is 10.5 Å². The van der Waals surface area contributed by atoms with Gasteiger partial charge in [0, 0.05) is 29.8 Å². The maximum atomic E-state index is 14.4. The fourth-order valence-corrected chi connectivity index (χ4v) is 4.09. The number of aromatic nitrogens is 2. The first kappa shape index (κ1) is 15.6. The minimum Gasteiger partial charge on any atom is -0.490 e. The summed E-state index contributed by atoms with van der Waals surface area (Å²) in [6.45, 7) is 0.586. The summed E-state index contributed by atoms with van der Waals surface area (Å²) in [4.78, 5) is 0. The Morgan fingerprint density at radius 3 is 2.46 bits per heavy atom. The number of benzene rings is 1. The highest BCUT2D eigenvalue weighted by atomic mass is 19.1. The van der Waals surface area contributed by atoms with Crippen LogP contribution < -0.4 is 10.5 Å². The van der Waals surface area contributed by atoms with Gasteiger partial charge in [-0.2, -0.15) is 5.10 Å². The Kier molecular flexibility index (Phi) is 3.64. The average molecular weight is 329 g/mol. The van der Waals surface area contributed by atoms with E-state index >= 15 is 0 Å². The third-order valence-corrected chi connectivity index (χ3v) is 5.93. The van der Waals surface area contributed by atoms with Crippen LogP contribution in [0.3, 0.4) is 0 Å². The number of nitrogens with zero attached hydrogens (tertiary/aromatic N) is 2. The molecule has 128 valence electrons. The molecule has 4 nitrogen and oxygen atoms in total. The summed E-state index contributed by atoms with van der Waals surface area (Å²) >= 11 is 0. The largest absolute Gasteiger partial charge is 0.490 e. The van der Waals surface area contributed by atoms with Crippen molar-refractivity contribution in [2.75, 3.05) is 6.61 Å². The molecule has 2 N–H and O–H groups in total. The molecule has 0 saturated heterocycles. The topological polar surface area (TPSA) is 53.1 Å². The van der Waals surface area contributed by atoms with E-state index in [-0.39, 0.29) is 16.8 Å². The van der Waals surface area contributed by atoms with E-state index in [9.17, 15) is 4.39 Å². The summed E-state index contributed by atoms with van der Waals surface area (Å²) in [5.41, 5.74) is 8.12. The van der Waals surface area contributed by atoms with E-state index in [0.717, 1.165) is 49.8 Å². The van der Waals surface area contributed by atoms with Gasteiger partial charge in [-0.05, 0) is 62.8 Å². The van der Waals surface area contributed by atoms with Crippen molar-refractivity contribution >= 4 is 0 Å². The number of nitrogens with two attached hydrogens (primary N) is 1. The molecule has 5 rings (SSSR count). The van der Waals surface area contributed by atoms with Crippen molar-refractivity contribution in [2.45, 2.75) is 44.1 Å². The second-order valence-electron chi connectivity index (χ2n) is 7.67. The van der Waals surface area contributed by atoms with Crippen molar-refractivity contribution in [3.05, 3.63) is 36.3 Å². The number of hydrogen-bond acceptors (Lipinski definition) is 3. The molecular formula is C19H24FN3O. The highest BCUT2D eigenvalue weighted by Gasteiger charge is 2.47. The van der Waals surface area contributed by atoms with Crippen molar-refractivity contribution in [1.29, 1.82) is 0 Å². The Bertz CT molecular complexity index is 730. The van der Waals surface area contributed by atoms with Crippen molar-refractivity contribution in [1.82, 2.24) is 9.78 Å². The molecule has 0 unspecified atom stereocenters. The molecule has 2 aromatic rings. The van der Waals surface area contributed by atoms with E-state index in [1.165, 1.54) is 6.07 Å². The predicted octanol–water partition coefficient (Wildman–Crippen LogP) is 3.66. The highest BCUT2D eigenvalue weighted by molar-refractivity contribution is 5.59. The number of fused-ring (bicyclic) bond motifs is 3. The summed E-state index contributed by atoms with van der Waals surface area (Å²) in [5, 5.41) is 4.30. The molecule has 0 spiro atoms. The van der Waals surface area contributed by atoms with Crippen molar-refractivity contribution in [2.24, 2.45) is 18.2 Å². The van der Waals surface area contributed by atoms with E-state index in [1.807, 2.05) is 25.4 Å². The van der Waals surface area contributed by atoms with Gasteiger partial charge in [-0.3, -0.25) is 4.68 Å². The normalized spacial score (nSPS) is 29.0. The predicted molar refractivity (Wildman–Crippen MR) is 91.2 cm³/mol. The van der Waals surface area contributed by atoms with E-state index in [0.29, 0.717) is 12.4 Å². The molecule has 1 aromatic heterocycles. The minimum absolute atomic E-state index is 0.0529. The van der Waals surface area contributed by atoms with Crippen LogP contribution in [0.5, 0.6) is 5.75 Å². The lowest BCUT2D eigenvalue weighted by molar-refractivity contribution is 0.00432. The lowest BCUT2D eigenvalue weighted by Crippen LogP contribution is -2.53. The molecule has 5 heteroatoms.